The molecule has 1 N–H and O–H groups in total. The fourth-order valence-corrected chi connectivity index (χ4v) is 2.69. The number of nitrogens with zero attached hydrogens (tertiary/aromatic N) is 1. The van der Waals surface area contributed by atoms with Gasteiger partial charge in [0.05, 0.1) is 11.1 Å². The van der Waals surface area contributed by atoms with Crippen LogP contribution < -0.4 is 10.1 Å². The third kappa shape index (κ3) is 4.20. The fraction of sp³-hybridized carbons (Fsp3) is 0.200. The van der Waals surface area contributed by atoms with Crippen molar-refractivity contribution in [3.63, 3.8) is 0 Å². The van der Waals surface area contributed by atoms with Gasteiger partial charge in [0, 0.05) is 13.0 Å². The van der Waals surface area contributed by atoms with Crippen molar-refractivity contribution in [1.29, 1.82) is 0 Å². The predicted octanol–water partition coefficient (Wildman–Crippen LogP) is 1.70. The molecule has 1 aliphatic rings. The average Bonchev–Trinajstić information content (AvgIpc) is 2.91. The van der Waals surface area contributed by atoms with Crippen LogP contribution in [0.25, 0.3) is 0 Å². The summed E-state index contributed by atoms with van der Waals surface area (Å²) in [5.74, 6) is -1.49. The van der Waals surface area contributed by atoms with Crippen molar-refractivity contribution in [2.75, 3.05) is 13.1 Å². The summed E-state index contributed by atoms with van der Waals surface area (Å²) < 4.78 is 5.10. The summed E-state index contributed by atoms with van der Waals surface area (Å²) in [6.45, 7) is 1.57. The van der Waals surface area contributed by atoms with Gasteiger partial charge < -0.3 is 10.1 Å². The Morgan fingerprint density at radius 2 is 1.56 bits per heavy atom. The van der Waals surface area contributed by atoms with Crippen LogP contribution in [-0.2, 0) is 9.59 Å². The Bertz CT molecular complexity index is 870. The highest BCUT2D eigenvalue weighted by Gasteiger charge is 2.34. The highest BCUT2D eigenvalue weighted by atomic mass is 16.5. The van der Waals surface area contributed by atoms with E-state index < -0.39 is 23.7 Å². The molecule has 1 heterocycles. The summed E-state index contributed by atoms with van der Waals surface area (Å²) in [6, 6.07) is 13.5. The largest absolute Gasteiger partial charge is 0.425 e. The molecular weight excluding hydrogens is 348 g/mol. The first-order valence-electron chi connectivity index (χ1n) is 8.45. The summed E-state index contributed by atoms with van der Waals surface area (Å²) >= 11 is 0. The van der Waals surface area contributed by atoms with Gasteiger partial charge in [0.1, 0.15) is 12.3 Å². The van der Waals surface area contributed by atoms with E-state index in [0.717, 1.165) is 10.5 Å². The van der Waals surface area contributed by atoms with Crippen LogP contribution in [0.4, 0.5) is 0 Å². The Labute approximate surface area is 155 Å². The first-order valence-corrected chi connectivity index (χ1v) is 8.45. The monoisotopic (exact) mass is 366 g/mol. The minimum Gasteiger partial charge on any atom is -0.425 e. The quantitative estimate of drug-likeness (QED) is 0.477. The first kappa shape index (κ1) is 18.3. The number of benzene rings is 2. The number of ether oxygens (including phenoxy) is 1. The summed E-state index contributed by atoms with van der Waals surface area (Å²) in [5.41, 5.74) is 1.71. The minimum atomic E-state index is -0.604. The van der Waals surface area contributed by atoms with Crippen molar-refractivity contribution >= 4 is 23.7 Å². The fourth-order valence-electron chi connectivity index (χ4n) is 2.69. The molecule has 0 spiro atoms. The molecule has 7 heteroatoms. The van der Waals surface area contributed by atoms with Gasteiger partial charge in [0.25, 0.3) is 11.8 Å². The zero-order valence-electron chi connectivity index (χ0n) is 14.7. The van der Waals surface area contributed by atoms with Crippen LogP contribution in [-0.4, -0.2) is 41.7 Å². The Balaban J connectivity index is 1.45. The maximum absolute atomic E-state index is 12.2. The van der Waals surface area contributed by atoms with Crippen molar-refractivity contribution in [2.24, 2.45) is 0 Å². The molecule has 0 aliphatic carbocycles. The number of hydrogen-bond acceptors (Lipinski definition) is 5. The molecular formula is C20H18N2O5. The lowest BCUT2D eigenvalue weighted by atomic mass is 10.1. The molecule has 1 aliphatic heterocycles. The third-order valence-corrected chi connectivity index (χ3v) is 4.12. The molecule has 0 saturated carbocycles. The minimum absolute atomic E-state index is 0.0504. The lowest BCUT2D eigenvalue weighted by Crippen LogP contribution is -2.36. The van der Waals surface area contributed by atoms with E-state index in [0.29, 0.717) is 16.9 Å². The van der Waals surface area contributed by atoms with Crippen LogP contribution in [0.2, 0.25) is 0 Å². The molecule has 0 saturated heterocycles. The maximum atomic E-state index is 12.2. The van der Waals surface area contributed by atoms with Crippen LogP contribution in [0.15, 0.2) is 48.5 Å². The van der Waals surface area contributed by atoms with Crippen LogP contribution in [0, 0.1) is 6.92 Å². The van der Waals surface area contributed by atoms with Crippen LogP contribution in [0.5, 0.6) is 5.75 Å². The normalized spacial score (nSPS) is 12.7. The Morgan fingerprint density at radius 3 is 2.15 bits per heavy atom. The summed E-state index contributed by atoms with van der Waals surface area (Å²) in [4.78, 5) is 49.1. The van der Waals surface area contributed by atoms with Crippen LogP contribution in [0.3, 0.4) is 0 Å². The smallest absolute Gasteiger partial charge is 0.330 e. The van der Waals surface area contributed by atoms with Crippen molar-refractivity contribution in [2.45, 2.75) is 13.3 Å². The maximum Gasteiger partial charge on any atom is 0.330 e. The lowest BCUT2D eigenvalue weighted by molar-refractivity contribution is -0.135. The second kappa shape index (κ2) is 7.82. The Morgan fingerprint density at radius 1 is 0.963 bits per heavy atom. The van der Waals surface area contributed by atoms with E-state index in [-0.39, 0.29) is 19.5 Å². The van der Waals surface area contributed by atoms with E-state index in [1.807, 2.05) is 19.1 Å². The van der Waals surface area contributed by atoms with Gasteiger partial charge in [-0.15, -0.1) is 0 Å². The van der Waals surface area contributed by atoms with Crippen LogP contribution >= 0.6 is 0 Å². The number of esters is 1. The van der Waals surface area contributed by atoms with Crippen molar-refractivity contribution in [3.05, 3.63) is 65.2 Å². The van der Waals surface area contributed by atoms with E-state index in [2.05, 4.69) is 5.32 Å². The molecule has 0 unspecified atom stereocenters. The van der Waals surface area contributed by atoms with E-state index in [1.165, 1.54) is 0 Å². The van der Waals surface area contributed by atoms with Crippen molar-refractivity contribution in [1.82, 2.24) is 10.2 Å². The SMILES string of the molecule is Cc1ccc(OC(=O)CNC(=O)CCN2C(=O)c3ccccc3C2=O)cc1. The number of fused-ring (bicyclic) bond motifs is 1. The number of aryl methyl sites for hydroxylation is 1. The van der Waals surface area contributed by atoms with Gasteiger partial charge in [-0.3, -0.25) is 19.3 Å². The van der Waals surface area contributed by atoms with E-state index in [4.69, 9.17) is 4.74 Å². The van der Waals surface area contributed by atoms with Gasteiger partial charge in [-0.25, -0.2) is 4.79 Å². The highest BCUT2D eigenvalue weighted by molar-refractivity contribution is 6.21. The van der Waals surface area contributed by atoms with Gasteiger partial charge in [-0.2, -0.15) is 0 Å². The number of imide groups is 1. The molecule has 0 aromatic heterocycles. The number of amides is 3. The molecule has 0 atom stereocenters. The molecule has 0 bridgehead atoms. The predicted molar refractivity (Wildman–Crippen MR) is 96.2 cm³/mol. The zero-order valence-corrected chi connectivity index (χ0v) is 14.7. The van der Waals surface area contributed by atoms with Gasteiger partial charge in [-0.1, -0.05) is 29.8 Å². The lowest BCUT2D eigenvalue weighted by Gasteiger charge is -2.13. The molecule has 7 nitrogen and oxygen atoms in total. The van der Waals surface area contributed by atoms with Gasteiger partial charge in [0.2, 0.25) is 5.91 Å². The second-order valence-electron chi connectivity index (χ2n) is 6.12. The van der Waals surface area contributed by atoms with Gasteiger partial charge >= 0.3 is 5.97 Å². The number of carbonyl (C=O) groups is 4. The van der Waals surface area contributed by atoms with Gasteiger partial charge in [0.15, 0.2) is 0 Å². The standard InChI is InChI=1S/C20H18N2O5/c1-13-6-8-14(9-7-13)27-18(24)12-21-17(23)10-11-22-19(25)15-4-2-3-5-16(15)20(22)26/h2-9H,10-12H2,1H3,(H,21,23). The summed E-state index contributed by atoms with van der Waals surface area (Å²) in [5, 5.41) is 2.43. The number of hydrogen-bond donors (Lipinski definition) is 1. The van der Waals surface area contributed by atoms with E-state index >= 15 is 0 Å². The van der Waals surface area contributed by atoms with Crippen LogP contribution in [0.1, 0.15) is 32.7 Å². The highest BCUT2D eigenvalue weighted by Crippen LogP contribution is 2.22. The van der Waals surface area contributed by atoms with E-state index in [9.17, 15) is 19.2 Å². The van der Waals surface area contributed by atoms with E-state index in [1.54, 1.807) is 36.4 Å². The molecule has 3 amide bonds. The second-order valence-corrected chi connectivity index (χ2v) is 6.12. The molecule has 0 radical (unpaired) electrons. The summed E-state index contributed by atoms with van der Waals surface area (Å²) in [6.07, 6.45) is -0.0940. The Kier molecular flexibility index (Phi) is 5.30. The number of nitrogens with one attached hydrogen (secondary N) is 1. The molecule has 2 aromatic rings. The molecule has 3 rings (SSSR count). The number of carbonyl (C=O) groups excluding carboxylic acids is 4. The molecule has 0 fully saturated rings. The van der Waals surface area contributed by atoms with Crippen molar-refractivity contribution < 1.29 is 23.9 Å². The number of rotatable bonds is 6. The topological polar surface area (TPSA) is 92.8 Å². The van der Waals surface area contributed by atoms with Crippen molar-refractivity contribution in [3.8, 4) is 5.75 Å². The molecule has 2 aromatic carbocycles. The van der Waals surface area contributed by atoms with Gasteiger partial charge in [-0.05, 0) is 31.2 Å². The first-order chi connectivity index (χ1) is 13.0. The summed E-state index contributed by atoms with van der Waals surface area (Å²) in [7, 11) is 0. The molecule has 138 valence electrons. The zero-order chi connectivity index (χ0) is 19.4. The Hall–Kier alpha value is -3.48. The molecule has 27 heavy (non-hydrogen) atoms. The average molecular weight is 366 g/mol. The third-order valence-electron chi connectivity index (χ3n) is 4.12.